The first-order chi connectivity index (χ1) is 7.59. The highest BCUT2D eigenvalue weighted by atomic mass is 16.4. The summed E-state index contributed by atoms with van der Waals surface area (Å²) in [6.07, 6.45) is 5.31. The number of rotatable bonds is 7. The lowest BCUT2D eigenvalue weighted by Gasteiger charge is -2.17. The molecule has 0 aliphatic carbocycles. The number of nitrogens with one attached hydrogen (secondary N) is 1. The number of aromatic amines is 1. The van der Waals surface area contributed by atoms with Gasteiger partial charge in [0.25, 0.3) is 0 Å². The van der Waals surface area contributed by atoms with E-state index in [0.29, 0.717) is 13.0 Å². The molecule has 0 amide bonds. The summed E-state index contributed by atoms with van der Waals surface area (Å²) in [4.78, 5) is 15.6. The number of nitrogens with two attached hydrogens (primary N) is 1. The summed E-state index contributed by atoms with van der Waals surface area (Å²) in [6.45, 7) is 1.61. The number of H-pyrrole nitrogens is 1. The lowest BCUT2D eigenvalue weighted by molar-refractivity contribution is -0.138. The van der Waals surface area contributed by atoms with Crippen molar-refractivity contribution < 1.29 is 9.90 Å². The van der Waals surface area contributed by atoms with Crippen LogP contribution in [0.2, 0.25) is 0 Å². The zero-order valence-corrected chi connectivity index (χ0v) is 9.52. The Morgan fingerprint density at radius 2 is 2.38 bits per heavy atom. The Morgan fingerprint density at radius 1 is 1.62 bits per heavy atom. The van der Waals surface area contributed by atoms with E-state index in [0.717, 1.165) is 13.0 Å². The number of aromatic nitrogens is 1. The van der Waals surface area contributed by atoms with Crippen molar-refractivity contribution in [2.45, 2.75) is 18.9 Å². The highest BCUT2D eigenvalue weighted by Gasteiger charge is 2.11. The number of hydrogen-bond acceptors (Lipinski definition) is 3. The molecule has 90 valence electrons. The average Bonchev–Trinajstić information content (AvgIpc) is 2.75. The molecule has 0 aliphatic heterocycles. The Morgan fingerprint density at radius 3 is 2.94 bits per heavy atom. The smallest absolute Gasteiger partial charge is 0.320 e. The predicted molar refractivity (Wildman–Crippen MR) is 62.2 cm³/mol. The second-order valence-electron chi connectivity index (χ2n) is 4.01. The fourth-order valence-corrected chi connectivity index (χ4v) is 1.43. The van der Waals surface area contributed by atoms with Crippen molar-refractivity contribution in [3.05, 3.63) is 24.0 Å². The van der Waals surface area contributed by atoms with Crippen molar-refractivity contribution in [1.82, 2.24) is 9.88 Å². The normalized spacial score (nSPS) is 12.9. The number of carboxylic acid groups (broad SMARTS) is 1. The third kappa shape index (κ3) is 4.46. The molecule has 4 N–H and O–H groups in total. The van der Waals surface area contributed by atoms with E-state index < -0.39 is 12.0 Å². The molecule has 0 saturated carbocycles. The molecule has 0 aromatic carbocycles. The van der Waals surface area contributed by atoms with Gasteiger partial charge in [-0.1, -0.05) is 0 Å². The summed E-state index contributed by atoms with van der Waals surface area (Å²) in [5, 5.41) is 8.63. The van der Waals surface area contributed by atoms with Crippen LogP contribution in [0.1, 0.15) is 12.0 Å². The summed E-state index contributed by atoms with van der Waals surface area (Å²) >= 11 is 0. The van der Waals surface area contributed by atoms with E-state index in [1.54, 1.807) is 0 Å². The molecule has 16 heavy (non-hydrogen) atoms. The molecule has 1 aromatic rings. The Hall–Kier alpha value is -1.33. The molecule has 1 atom stereocenters. The standard InChI is InChI=1S/C11H19N3O2/c1-14(7-4-10(12)11(15)16)6-3-9-2-5-13-8-9/h2,5,8,10,13H,3-4,6-7,12H2,1H3,(H,15,16). The van der Waals surface area contributed by atoms with E-state index in [1.807, 2.05) is 25.5 Å². The molecule has 0 radical (unpaired) electrons. The van der Waals surface area contributed by atoms with Gasteiger partial charge < -0.3 is 20.7 Å². The minimum absolute atomic E-state index is 0.485. The Bertz CT molecular complexity index is 311. The van der Waals surface area contributed by atoms with Gasteiger partial charge >= 0.3 is 5.97 Å². The van der Waals surface area contributed by atoms with E-state index in [-0.39, 0.29) is 0 Å². The summed E-state index contributed by atoms with van der Waals surface area (Å²) in [5.41, 5.74) is 6.68. The lowest BCUT2D eigenvalue weighted by Crippen LogP contribution is -2.34. The van der Waals surface area contributed by atoms with Crippen molar-refractivity contribution in [1.29, 1.82) is 0 Å². The van der Waals surface area contributed by atoms with Gasteiger partial charge in [0.05, 0.1) is 0 Å². The third-order valence-electron chi connectivity index (χ3n) is 2.58. The van der Waals surface area contributed by atoms with Crippen LogP contribution in [-0.2, 0) is 11.2 Å². The van der Waals surface area contributed by atoms with Crippen molar-refractivity contribution in [2.75, 3.05) is 20.1 Å². The van der Waals surface area contributed by atoms with E-state index in [2.05, 4.69) is 9.88 Å². The molecule has 1 heterocycles. The zero-order valence-electron chi connectivity index (χ0n) is 9.52. The molecule has 0 spiro atoms. The van der Waals surface area contributed by atoms with Crippen LogP contribution in [0, 0.1) is 0 Å². The van der Waals surface area contributed by atoms with Crippen LogP contribution in [-0.4, -0.2) is 47.1 Å². The number of likely N-dealkylation sites (N-methyl/N-ethyl adjacent to an activating group) is 1. The fourth-order valence-electron chi connectivity index (χ4n) is 1.43. The van der Waals surface area contributed by atoms with E-state index in [9.17, 15) is 4.79 Å². The topological polar surface area (TPSA) is 82.3 Å². The van der Waals surface area contributed by atoms with Crippen LogP contribution in [0.25, 0.3) is 0 Å². The summed E-state index contributed by atoms with van der Waals surface area (Å²) < 4.78 is 0. The molecule has 5 nitrogen and oxygen atoms in total. The van der Waals surface area contributed by atoms with E-state index in [4.69, 9.17) is 10.8 Å². The number of nitrogens with zero attached hydrogens (tertiary/aromatic N) is 1. The molecular weight excluding hydrogens is 206 g/mol. The van der Waals surface area contributed by atoms with Crippen molar-refractivity contribution in [3.8, 4) is 0 Å². The molecule has 1 aromatic heterocycles. The molecule has 0 aliphatic rings. The molecule has 0 bridgehead atoms. The number of aliphatic carboxylic acids is 1. The number of carboxylic acids is 1. The van der Waals surface area contributed by atoms with Gasteiger partial charge in [-0.05, 0) is 38.1 Å². The maximum atomic E-state index is 10.5. The van der Waals surface area contributed by atoms with E-state index in [1.165, 1.54) is 5.56 Å². The fraction of sp³-hybridized carbons (Fsp3) is 0.545. The van der Waals surface area contributed by atoms with Gasteiger partial charge in [0.2, 0.25) is 0 Å². The van der Waals surface area contributed by atoms with Crippen LogP contribution in [0.5, 0.6) is 0 Å². The Kier molecular flexibility index (Phi) is 5.01. The minimum Gasteiger partial charge on any atom is -0.480 e. The van der Waals surface area contributed by atoms with Gasteiger partial charge in [0.15, 0.2) is 0 Å². The first kappa shape index (κ1) is 12.7. The molecular formula is C11H19N3O2. The first-order valence-corrected chi connectivity index (χ1v) is 5.38. The lowest BCUT2D eigenvalue weighted by atomic mass is 10.2. The maximum absolute atomic E-state index is 10.5. The van der Waals surface area contributed by atoms with Crippen LogP contribution < -0.4 is 5.73 Å². The predicted octanol–water partition coefficient (Wildman–Crippen LogP) is 0.291. The van der Waals surface area contributed by atoms with Crippen LogP contribution in [0.3, 0.4) is 0 Å². The molecule has 5 heteroatoms. The number of hydrogen-bond donors (Lipinski definition) is 3. The van der Waals surface area contributed by atoms with Gasteiger partial charge in [0, 0.05) is 18.9 Å². The highest BCUT2D eigenvalue weighted by molar-refractivity contribution is 5.72. The molecule has 0 fully saturated rings. The largest absolute Gasteiger partial charge is 0.480 e. The summed E-state index contributed by atoms with van der Waals surface area (Å²) in [7, 11) is 1.97. The van der Waals surface area contributed by atoms with Gasteiger partial charge in [-0.25, -0.2) is 0 Å². The molecule has 0 saturated heterocycles. The molecule has 1 unspecified atom stereocenters. The van der Waals surface area contributed by atoms with Crippen LogP contribution in [0.4, 0.5) is 0 Å². The van der Waals surface area contributed by atoms with Crippen LogP contribution >= 0.6 is 0 Å². The summed E-state index contributed by atoms with van der Waals surface area (Å²) in [5.74, 6) is -0.931. The van der Waals surface area contributed by atoms with Crippen LogP contribution in [0.15, 0.2) is 18.5 Å². The maximum Gasteiger partial charge on any atom is 0.320 e. The monoisotopic (exact) mass is 225 g/mol. The SMILES string of the molecule is CN(CCc1cc[nH]c1)CCC(N)C(=O)O. The quantitative estimate of drug-likeness (QED) is 0.623. The van der Waals surface area contributed by atoms with E-state index >= 15 is 0 Å². The van der Waals surface area contributed by atoms with Gasteiger partial charge in [-0.15, -0.1) is 0 Å². The summed E-state index contributed by atoms with van der Waals surface area (Å²) in [6, 6.07) is 1.28. The van der Waals surface area contributed by atoms with Gasteiger partial charge in [0.1, 0.15) is 6.04 Å². The second-order valence-corrected chi connectivity index (χ2v) is 4.01. The highest BCUT2D eigenvalue weighted by Crippen LogP contribution is 2.00. The van der Waals surface area contributed by atoms with Gasteiger partial charge in [-0.2, -0.15) is 0 Å². The van der Waals surface area contributed by atoms with Crippen molar-refractivity contribution in [2.24, 2.45) is 5.73 Å². The minimum atomic E-state index is -0.931. The average molecular weight is 225 g/mol. The van der Waals surface area contributed by atoms with Gasteiger partial charge in [-0.3, -0.25) is 4.79 Å². The molecule has 1 rings (SSSR count). The second kappa shape index (κ2) is 6.30. The van der Waals surface area contributed by atoms with Crippen molar-refractivity contribution >= 4 is 5.97 Å². The first-order valence-electron chi connectivity index (χ1n) is 5.38. The van der Waals surface area contributed by atoms with Crippen molar-refractivity contribution in [3.63, 3.8) is 0 Å². The number of carbonyl (C=O) groups is 1. The zero-order chi connectivity index (χ0) is 12.0. The third-order valence-corrected chi connectivity index (χ3v) is 2.58. The Balaban J connectivity index is 2.16. The Labute approximate surface area is 95.3 Å².